The number of nitrogens with two attached hydrogens (primary N) is 1. The average Bonchev–Trinajstić information content (AvgIpc) is 2.47. The van der Waals surface area contributed by atoms with Crippen molar-refractivity contribution in [2.75, 3.05) is 23.3 Å². The maximum absolute atomic E-state index is 7.26. The molecule has 2 aromatic rings. The number of fused-ring (bicyclic) bond motifs is 1. The number of hydrogen-bond acceptors (Lipinski definition) is 4. The van der Waals surface area contributed by atoms with Gasteiger partial charge < -0.3 is 10.6 Å². The van der Waals surface area contributed by atoms with Gasteiger partial charge in [-0.15, -0.1) is 0 Å². The molecule has 0 saturated carbocycles. The van der Waals surface area contributed by atoms with Crippen molar-refractivity contribution in [3.8, 4) is 0 Å². The molecule has 21 heavy (non-hydrogen) atoms. The Balaban J connectivity index is 1.97. The summed E-state index contributed by atoms with van der Waals surface area (Å²) in [5.74, 6) is 0.219. The molecule has 1 aromatic carbocycles. The minimum atomic E-state index is -0.154. The number of anilines is 2. The number of rotatable bonds is 2. The highest BCUT2D eigenvalue weighted by atomic mass is 15.2. The molecule has 110 valence electrons. The van der Waals surface area contributed by atoms with Gasteiger partial charge >= 0.3 is 0 Å². The fourth-order valence-corrected chi connectivity index (χ4v) is 2.79. The molecule has 1 aliphatic rings. The van der Waals surface area contributed by atoms with E-state index in [0.29, 0.717) is 5.95 Å². The van der Waals surface area contributed by atoms with Crippen molar-refractivity contribution in [2.45, 2.75) is 26.2 Å². The Hall–Kier alpha value is -2.37. The van der Waals surface area contributed by atoms with Crippen LogP contribution in [0.25, 0.3) is 10.9 Å². The second-order valence-electron chi connectivity index (χ2n) is 5.42. The number of hydrogen-bond donors (Lipinski definition) is 3. The predicted molar refractivity (Wildman–Crippen MR) is 85.9 cm³/mol. The van der Waals surface area contributed by atoms with E-state index >= 15 is 0 Å². The zero-order chi connectivity index (χ0) is 14.8. The summed E-state index contributed by atoms with van der Waals surface area (Å²) in [6.45, 7) is 4.19. The number of piperidine rings is 1. The summed E-state index contributed by atoms with van der Waals surface area (Å²) in [7, 11) is 0. The first-order chi connectivity index (χ1) is 10.1. The number of aryl methyl sites for hydroxylation is 1. The normalized spacial score (nSPS) is 15.2. The lowest BCUT2D eigenvalue weighted by Gasteiger charge is -2.29. The lowest BCUT2D eigenvalue weighted by atomic mass is 10.1. The van der Waals surface area contributed by atoms with Crippen LogP contribution < -0.4 is 16.0 Å². The maximum Gasteiger partial charge on any atom is 0.230 e. The van der Waals surface area contributed by atoms with Crippen LogP contribution in [0.15, 0.2) is 18.2 Å². The van der Waals surface area contributed by atoms with Crippen molar-refractivity contribution in [3.63, 3.8) is 0 Å². The highest BCUT2D eigenvalue weighted by molar-refractivity contribution is 5.90. The predicted octanol–water partition coefficient (Wildman–Crippen LogP) is 2.23. The first-order valence-electron chi connectivity index (χ1n) is 7.28. The van der Waals surface area contributed by atoms with Gasteiger partial charge in [-0.25, -0.2) is 9.97 Å². The number of benzene rings is 1. The van der Waals surface area contributed by atoms with E-state index in [-0.39, 0.29) is 5.96 Å². The summed E-state index contributed by atoms with van der Waals surface area (Å²) in [5, 5.41) is 11.0. The largest absolute Gasteiger partial charge is 0.372 e. The van der Waals surface area contributed by atoms with Crippen molar-refractivity contribution in [1.29, 1.82) is 5.41 Å². The Bertz CT molecular complexity index is 675. The second kappa shape index (κ2) is 5.55. The van der Waals surface area contributed by atoms with Crippen LogP contribution in [0.1, 0.15) is 25.0 Å². The van der Waals surface area contributed by atoms with Crippen LogP contribution in [-0.2, 0) is 0 Å². The van der Waals surface area contributed by atoms with Gasteiger partial charge in [0.1, 0.15) is 0 Å². The van der Waals surface area contributed by atoms with Gasteiger partial charge in [-0.05, 0) is 44.4 Å². The number of aromatic nitrogens is 2. The van der Waals surface area contributed by atoms with Gasteiger partial charge in [-0.2, -0.15) is 0 Å². The van der Waals surface area contributed by atoms with Gasteiger partial charge in [-0.3, -0.25) is 10.7 Å². The Kier molecular flexibility index (Phi) is 3.60. The van der Waals surface area contributed by atoms with E-state index in [1.165, 1.54) is 24.9 Å². The molecular formula is C15H20N6. The van der Waals surface area contributed by atoms with Crippen LogP contribution in [0, 0.1) is 12.3 Å². The SMILES string of the molecule is Cc1nc(NC(=N)N)nc2ccc(N3CCCCC3)cc12. The molecule has 0 amide bonds. The Labute approximate surface area is 123 Å². The van der Waals surface area contributed by atoms with Gasteiger partial charge in [0.2, 0.25) is 5.95 Å². The third-order valence-corrected chi connectivity index (χ3v) is 3.84. The van der Waals surface area contributed by atoms with E-state index in [1.807, 2.05) is 13.0 Å². The highest BCUT2D eigenvalue weighted by Crippen LogP contribution is 2.26. The lowest BCUT2D eigenvalue weighted by Crippen LogP contribution is -2.29. The number of nitrogens with zero attached hydrogens (tertiary/aromatic N) is 3. The van der Waals surface area contributed by atoms with Gasteiger partial charge in [-0.1, -0.05) is 0 Å². The minimum absolute atomic E-state index is 0.154. The van der Waals surface area contributed by atoms with Crippen LogP contribution in [-0.4, -0.2) is 29.0 Å². The van der Waals surface area contributed by atoms with Crippen molar-refractivity contribution in [1.82, 2.24) is 9.97 Å². The van der Waals surface area contributed by atoms with Crippen molar-refractivity contribution in [3.05, 3.63) is 23.9 Å². The molecule has 6 heteroatoms. The van der Waals surface area contributed by atoms with E-state index in [2.05, 4.69) is 32.3 Å². The van der Waals surface area contributed by atoms with Gasteiger partial charge in [0, 0.05) is 24.2 Å². The fraction of sp³-hybridized carbons (Fsp3) is 0.400. The third kappa shape index (κ3) is 2.89. The molecule has 1 aliphatic heterocycles. The quantitative estimate of drug-likeness (QED) is 0.581. The number of guanidine groups is 1. The maximum atomic E-state index is 7.26. The van der Waals surface area contributed by atoms with E-state index < -0.39 is 0 Å². The minimum Gasteiger partial charge on any atom is -0.372 e. The Morgan fingerprint density at radius 2 is 2.00 bits per heavy atom. The first kappa shape index (κ1) is 13.6. The summed E-state index contributed by atoms with van der Waals surface area (Å²) in [4.78, 5) is 11.2. The molecule has 0 atom stereocenters. The van der Waals surface area contributed by atoms with Crippen LogP contribution in [0.5, 0.6) is 0 Å². The molecule has 1 saturated heterocycles. The molecule has 1 aromatic heterocycles. The molecule has 0 spiro atoms. The molecular weight excluding hydrogens is 264 g/mol. The molecule has 2 heterocycles. The van der Waals surface area contributed by atoms with Crippen LogP contribution >= 0.6 is 0 Å². The summed E-state index contributed by atoms with van der Waals surface area (Å²) < 4.78 is 0. The first-order valence-corrected chi connectivity index (χ1v) is 7.28. The fourth-order valence-electron chi connectivity index (χ4n) is 2.79. The number of nitrogens with one attached hydrogen (secondary N) is 2. The summed E-state index contributed by atoms with van der Waals surface area (Å²) in [5.41, 5.74) is 8.32. The average molecular weight is 284 g/mol. The van der Waals surface area contributed by atoms with Gasteiger partial charge in [0.15, 0.2) is 5.96 Å². The van der Waals surface area contributed by atoms with Crippen LogP contribution in [0.3, 0.4) is 0 Å². The van der Waals surface area contributed by atoms with Crippen LogP contribution in [0.4, 0.5) is 11.6 Å². The molecule has 0 unspecified atom stereocenters. The summed E-state index contributed by atoms with van der Waals surface area (Å²) in [6, 6.07) is 6.28. The smallest absolute Gasteiger partial charge is 0.230 e. The standard InChI is InChI=1S/C15H20N6/c1-10-12-9-11(21-7-3-2-4-8-21)5-6-13(12)19-15(18-10)20-14(16)17/h5-6,9H,2-4,7-8H2,1H3,(H4,16,17,18,19,20). The third-order valence-electron chi connectivity index (χ3n) is 3.84. The molecule has 6 nitrogen and oxygen atoms in total. The topological polar surface area (TPSA) is 90.9 Å². The molecule has 1 fully saturated rings. The Morgan fingerprint density at radius 3 is 2.71 bits per heavy atom. The molecule has 0 aliphatic carbocycles. The lowest BCUT2D eigenvalue weighted by molar-refractivity contribution is 0.578. The molecule has 4 N–H and O–H groups in total. The molecule has 3 rings (SSSR count). The second-order valence-corrected chi connectivity index (χ2v) is 5.42. The van der Waals surface area contributed by atoms with Crippen molar-refractivity contribution >= 4 is 28.5 Å². The zero-order valence-electron chi connectivity index (χ0n) is 12.2. The van der Waals surface area contributed by atoms with E-state index in [1.54, 1.807) is 0 Å². The van der Waals surface area contributed by atoms with E-state index in [9.17, 15) is 0 Å². The molecule has 0 bridgehead atoms. The summed E-state index contributed by atoms with van der Waals surface area (Å²) >= 11 is 0. The van der Waals surface area contributed by atoms with Crippen LogP contribution in [0.2, 0.25) is 0 Å². The highest BCUT2D eigenvalue weighted by Gasteiger charge is 2.13. The van der Waals surface area contributed by atoms with Crippen molar-refractivity contribution in [2.24, 2.45) is 5.73 Å². The van der Waals surface area contributed by atoms with E-state index in [4.69, 9.17) is 11.1 Å². The monoisotopic (exact) mass is 284 g/mol. The van der Waals surface area contributed by atoms with E-state index in [0.717, 1.165) is 29.7 Å². The Morgan fingerprint density at radius 1 is 1.24 bits per heavy atom. The van der Waals surface area contributed by atoms with Crippen molar-refractivity contribution < 1.29 is 0 Å². The summed E-state index contributed by atoms with van der Waals surface area (Å²) in [6.07, 6.45) is 3.84. The molecule has 0 radical (unpaired) electrons. The zero-order valence-corrected chi connectivity index (χ0v) is 12.2. The van der Waals surface area contributed by atoms with Gasteiger partial charge in [0.25, 0.3) is 0 Å². The van der Waals surface area contributed by atoms with Gasteiger partial charge in [0.05, 0.1) is 11.2 Å².